The van der Waals surface area contributed by atoms with Crippen LogP contribution in [0.25, 0.3) is 0 Å². The van der Waals surface area contributed by atoms with Gasteiger partial charge in [-0.25, -0.2) is 22.9 Å². The van der Waals surface area contributed by atoms with Crippen LogP contribution in [-0.4, -0.2) is 34.9 Å². The molecule has 2 rings (SSSR count). The van der Waals surface area contributed by atoms with Crippen LogP contribution in [0, 0.1) is 5.82 Å². The highest BCUT2D eigenvalue weighted by molar-refractivity contribution is 9.10. The third-order valence-electron chi connectivity index (χ3n) is 3.41. The molecule has 0 fully saturated rings. The van der Waals surface area contributed by atoms with Gasteiger partial charge in [-0.3, -0.25) is 4.79 Å². The Hall–Kier alpha value is -2.79. The summed E-state index contributed by atoms with van der Waals surface area (Å²) in [4.78, 5) is 35.9. The van der Waals surface area contributed by atoms with Gasteiger partial charge in [0.15, 0.2) is 0 Å². The monoisotopic (exact) mass is 445 g/mol. The number of nitrogens with one attached hydrogen (secondary N) is 1. The molecule has 0 atom stereocenters. The van der Waals surface area contributed by atoms with Crippen molar-refractivity contribution in [3.05, 3.63) is 56.2 Å². The van der Waals surface area contributed by atoms with E-state index in [-0.39, 0.29) is 18.0 Å². The first-order chi connectivity index (χ1) is 12.8. The number of halogens is 3. The first-order valence-corrected chi connectivity index (χ1v) is 8.23. The number of hydrogen-bond donors (Lipinski definition) is 3. The first kappa shape index (κ1) is 20.5. The summed E-state index contributed by atoms with van der Waals surface area (Å²) in [7, 11) is 0. The molecule has 0 saturated heterocycles. The summed E-state index contributed by atoms with van der Waals surface area (Å²) in [6.07, 6.45) is 0.766. The number of carbonyl (C=O) groups is 2. The topological polar surface area (TPSA) is 124 Å². The van der Waals surface area contributed by atoms with E-state index in [9.17, 15) is 23.2 Å². The number of rotatable bonds is 6. The van der Waals surface area contributed by atoms with Crippen molar-refractivity contribution < 1.29 is 28.2 Å². The van der Waals surface area contributed by atoms with Gasteiger partial charge in [-0.05, 0) is 18.2 Å². The second-order valence-corrected chi connectivity index (χ2v) is 6.07. The summed E-state index contributed by atoms with van der Waals surface area (Å²) in [5.41, 5.74) is 2.39. The van der Waals surface area contributed by atoms with Crippen molar-refractivity contribution in [2.45, 2.75) is 6.67 Å². The van der Waals surface area contributed by atoms with Crippen LogP contribution in [0.5, 0.6) is 0 Å². The lowest BCUT2D eigenvalue weighted by Gasteiger charge is -2.16. The van der Waals surface area contributed by atoms with Gasteiger partial charge in [0.05, 0.1) is 23.5 Å². The van der Waals surface area contributed by atoms with Crippen LogP contribution in [0.2, 0.25) is 0 Å². The molecular weight excluding hydrogens is 432 g/mol. The Morgan fingerprint density at radius 1 is 1.37 bits per heavy atom. The number of anilines is 2. The Balaban J connectivity index is 2.68. The van der Waals surface area contributed by atoms with Crippen LogP contribution in [-0.2, 0) is 11.4 Å². The summed E-state index contributed by atoms with van der Waals surface area (Å²) in [5, 5.41) is 11.3. The molecule has 1 aromatic carbocycles. The van der Waals surface area contributed by atoms with E-state index >= 15 is 0 Å². The lowest BCUT2D eigenvalue weighted by molar-refractivity contribution is 0.0434. The molecule has 0 spiro atoms. The lowest BCUT2D eigenvalue weighted by Crippen LogP contribution is -2.35. The maximum absolute atomic E-state index is 14.1. The molecule has 0 saturated carbocycles. The van der Waals surface area contributed by atoms with Crippen LogP contribution in [0.1, 0.15) is 15.9 Å². The van der Waals surface area contributed by atoms with Crippen LogP contribution < -0.4 is 16.6 Å². The van der Waals surface area contributed by atoms with Crippen LogP contribution in [0.4, 0.5) is 25.0 Å². The molecule has 1 heterocycles. The van der Waals surface area contributed by atoms with Gasteiger partial charge in [0.1, 0.15) is 24.7 Å². The molecule has 27 heavy (non-hydrogen) atoms. The molecule has 0 aliphatic rings. The number of nitrogens with zero attached hydrogens (tertiary/aromatic N) is 1. The fraction of sp³-hybridized carbons (Fsp3) is 0.188. The third kappa shape index (κ3) is 4.49. The molecule has 11 heteroatoms. The van der Waals surface area contributed by atoms with Crippen LogP contribution in [0.15, 0.2) is 33.7 Å². The van der Waals surface area contributed by atoms with Gasteiger partial charge in [-0.2, -0.15) is 0 Å². The minimum absolute atomic E-state index is 0.152. The fourth-order valence-corrected chi connectivity index (χ4v) is 2.53. The minimum atomic E-state index is -1.37. The van der Waals surface area contributed by atoms with Gasteiger partial charge in [0.2, 0.25) is 0 Å². The van der Waals surface area contributed by atoms with Crippen molar-refractivity contribution in [1.29, 1.82) is 0 Å². The van der Waals surface area contributed by atoms with E-state index < -0.39 is 47.8 Å². The lowest BCUT2D eigenvalue weighted by atomic mass is 10.1. The fourth-order valence-electron chi connectivity index (χ4n) is 2.19. The number of ether oxygens (including phenoxy) is 1. The number of alkyl halides is 1. The molecule has 4 N–H and O–H groups in total. The van der Waals surface area contributed by atoms with Gasteiger partial charge < -0.3 is 20.9 Å². The number of hydrogen-bond acceptors (Lipinski definition) is 6. The van der Waals surface area contributed by atoms with E-state index in [2.05, 4.69) is 21.2 Å². The average Bonchev–Trinajstić information content (AvgIpc) is 2.61. The van der Waals surface area contributed by atoms with E-state index in [1.54, 1.807) is 0 Å². The quantitative estimate of drug-likeness (QED) is 0.584. The average molecular weight is 446 g/mol. The van der Waals surface area contributed by atoms with E-state index in [1.165, 1.54) is 12.1 Å². The molecule has 0 bridgehead atoms. The molecule has 144 valence electrons. The number of nitrogens with two attached hydrogens (primary N) is 1. The Kier molecular flexibility index (Phi) is 6.64. The zero-order valence-electron chi connectivity index (χ0n) is 13.7. The van der Waals surface area contributed by atoms with Crippen molar-refractivity contribution in [3.8, 4) is 0 Å². The highest BCUT2D eigenvalue weighted by Gasteiger charge is 2.24. The number of aromatic nitrogens is 1. The third-order valence-corrected chi connectivity index (χ3v) is 3.91. The van der Waals surface area contributed by atoms with Crippen molar-refractivity contribution in [3.63, 3.8) is 0 Å². The molecular formula is C16H14BrF2N3O5. The van der Waals surface area contributed by atoms with Crippen LogP contribution in [0.3, 0.4) is 0 Å². The van der Waals surface area contributed by atoms with Gasteiger partial charge in [0.25, 0.3) is 5.56 Å². The predicted octanol–water partition coefficient (Wildman–Crippen LogP) is 2.04. The van der Waals surface area contributed by atoms with Gasteiger partial charge in [-0.1, -0.05) is 15.9 Å². The molecule has 0 aliphatic heterocycles. The molecule has 1 aromatic heterocycles. The summed E-state index contributed by atoms with van der Waals surface area (Å²) in [6.45, 7) is -2.24. The van der Waals surface area contributed by atoms with Crippen LogP contribution >= 0.6 is 15.9 Å². The molecule has 0 aliphatic carbocycles. The number of benzene rings is 1. The Bertz CT molecular complexity index is 948. The number of amides is 1. The standard InChI is InChI=1S/C16H14BrF2N3O5/c17-8-1-2-12(11(19)5-8)21-13-9(6-18)14(24)22(16(20)26)7-10(13)15(25)27-4-3-23/h1-2,5,7,21,23H,3-4,6H2,(H2,20,26). The second-order valence-electron chi connectivity index (χ2n) is 5.15. The second kappa shape index (κ2) is 8.73. The van der Waals surface area contributed by atoms with E-state index in [1.807, 2.05) is 0 Å². The van der Waals surface area contributed by atoms with Crippen molar-refractivity contribution in [2.24, 2.45) is 5.73 Å². The Morgan fingerprint density at radius 3 is 2.63 bits per heavy atom. The highest BCUT2D eigenvalue weighted by atomic mass is 79.9. The summed E-state index contributed by atoms with van der Waals surface area (Å²) in [5.74, 6) is -1.82. The smallest absolute Gasteiger partial charge is 0.341 e. The van der Waals surface area contributed by atoms with E-state index in [4.69, 9.17) is 15.6 Å². The maximum Gasteiger partial charge on any atom is 0.341 e. The molecule has 8 nitrogen and oxygen atoms in total. The zero-order valence-corrected chi connectivity index (χ0v) is 15.3. The number of carbonyl (C=O) groups excluding carboxylic acids is 2. The number of primary amides is 1. The largest absolute Gasteiger partial charge is 0.460 e. The Labute approximate surface area is 159 Å². The summed E-state index contributed by atoms with van der Waals surface area (Å²) >= 11 is 3.08. The SMILES string of the molecule is NC(=O)n1cc(C(=O)OCCO)c(Nc2ccc(Br)cc2F)c(CF)c1=O. The first-order valence-electron chi connectivity index (χ1n) is 7.44. The van der Waals surface area contributed by atoms with Crippen molar-refractivity contribution in [1.82, 2.24) is 4.57 Å². The number of aliphatic hydroxyl groups is 1. The number of esters is 1. The number of pyridine rings is 1. The summed E-state index contributed by atoms with van der Waals surface area (Å²) in [6, 6.07) is 2.65. The van der Waals surface area contributed by atoms with Gasteiger partial charge in [-0.15, -0.1) is 0 Å². The van der Waals surface area contributed by atoms with Gasteiger partial charge in [0, 0.05) is 10.7 Å². The van der Waals surface area contributed by atoms with Crippen molar-refractivity contribution >= 4 is 39.3 Å². The maximum atomic E-state index is 14.1. The number of aliphatic hydroxyl groups excluding tert-OH is 1. The minimum Gasteiger partial charge on any atom is -0.460 e. The molecule has 2 aromatic rings. The normalized spacial score (nSPS) is 10.5. The van der Waals surface area contributed by atoms with E-state index in [0.717, 1.165) is 12.3 Å². The van der Waals surface area contributed by atoms with Gasteiger partial charge >= 0.3 is 12.0 Å². The Morgan fingerprint density at radius 2 is 2.07 bits per heavy atom. The molecule has 0 radical (unpaired) electrons. The van der Waals surface area contributed by atoms with E-state index in [0.29, 0.717) is 9.04 Å². The zero-order chi connectivity index (χ0) is 20.1. The molecule has 1 amide bonds. The highest BCUT2D eigenvalue weighted by Crippen LogP contribution is 2.28. The van der Waals surface area contributed by atoms with Crippen molar-refractivity contribution in [2.75, 3.05) is 18.5 Å². The molecule has 0 unspecified atom stereocenters. The predicted molar refractivity (Wildman–Crippen MR) is 95.2 cm³/mol. The summed E-state index contributed by atoms with van der Waals surface area (Å²) < 4.78 is 33.2.